The second-order valence-electron chi connectivity index (χ2n) is 10.9. The van der Waals surface area contributed by atoms with E-state index in [0.29, 0.717) is 27.7 Å². The van der Waals surface area contributed by atoms with Gasteiger partial charge in [0.2, 0.25) is 0 Å². The summed E-state index contributed by atoms with van der Waals surface area (Å²) in [4.78, 5) is 5.11. The highest BCUT2D eigenvalue weighted by Gasteiger charge is 2.61. The van der Waals surface area contributed by atoms with Gasteiger partial charge in [0.1, 0.15) is 0 Å². The van der Waals surface area contributed by atoms with E-state index in [0.717, 1.165) is 24.9 Å². The molecule has 4 bridgehead atoms. The number of hydrogen-bond donors (Lipinski definition) is 1. The first kappa shape index (κ1) is 17.1. The van der Waals surface area contributed by atoms with E-state index < -0.39 is 0 Å². The van der Waals surface area contributed by atoms with Gasteiger partial charge in [-0.3, -0.25) is 4.99 Å². The minimum absolute atomic E-state index is 0.373. The summed E-state index contributed by atoms with van der Waals surface area (Å²) >= 11 is 0. The number of nitrogens with zero attached hydrogens (tertiary/aromatic N) is 1. The molecule has 0 aromatic carbocycles. The van der Waals surface area contributed by atoms with Crippen LogP contribution in [0.4, 0.5) is 0 Å². The van der Waals surface area contributed by atoms with Gasteiger partial charge in [-0.05, 0) is 66.6 Å². The van der Waals surface area contributed by atoms with Crippen molar-refractivity contribution in [3.63, 3.8) is 0 Å². The molecule has 0 amide bonds. The monoisotopic (exact) mass is 330 g/mol. The molecular formula is C22H38N2. The predicted octanol–water partition coefficient (Wildman–Crippen LogP) is 5.08. The summed E-state index contributed by atoms with van der Waals surface area (Å²) in [7, 11) is 0. The molecule has 2 nitrogen and oxygen atoms in total. The van der Waals surface area contributed by atoms with Gasteiger partial charge < -0.3 is 5.32 Å². The molecule has 4 rings (SSSR count). The van der Waals surface area contributed by atoms with E-state index in [-0.39, 0.29) is 0 Å². The van der Waals surface area contributed by atoms with Gasteiger partial charge in [0, 0.05) is 23.7 Å². The fraction of sp³-hybridized carbons (Fsp3) is 0.955. The molecule has 5 atom stereocenters. The van der Waals surface area contributed by atoms with Crippen LogP contribution in [-0.2, 0) is 0 Å². The van der Waals surface area contributed by atoms with E-state index in [1.54, 1.807) is 0 Å². The molecule has 0 heterocycles. The molecule has 4 fully saturated rings. The minimum atomic E-state index is 0.373. The van der Waals surface area contributed by atoms with E-state index in [9.17, 15) is 0 Å². The number of fused-ring (bicyclic) bond motifs is 4. The molecule has 2 heteroatoms. The van der Waals surface area contributed by atoms with Gasteiger partial charge in [-0.1, -0.05) is 41.5 Å². The van der Waals surface area contributed by atoms with Crippen LogP contribution in [0.1, 0.15) is 80.1 Å². The largest absolute Gasteiger partial charge is 0.312 e. The average Bonchev–Trinajstić information content (AvgIpc) is 3.02. The summed E-state index contributed by atoms with van der Waals surface area (Å²) in [5, 5.41) is 3.90. The van der Waals surface area contributed by atoms with Crippen molar-refractivity contribution in [2.24, 2.45) is 38.5 Å². The highest BCUT2D eigenvalue weighted by molar-refractivity contribution is 5.94. The molecule has 0 spiro atoms. The summed E-state index contributed by atoms with van der Waals surface area (Å²) < 4.78 is 0. The van der Waals surface area contributed by atoms with Crippen LogP contribution in [0.25, 0.3) is 0 Å². The average molecular weight is 331 g/mol. The third-order valence-corrected chi connectivity index (χ3v) is 10.1. The lowest BCUT2D eigenvalue weighted by Crippen LogP contribution is -2.45. The van der Waals surface area contributed by atoms with Gasteiger partial charge in [-0.25, -0.2) is 0 Å². The molecule has 1 N–H and O–H groups in total. The van der Waals surface area contributed by atoms with E-state index in [2.05, 4.69) is 46.9 Å². The molecule has 0 aromatic rings. The smallest absolute Gasteiger partial charge is 0.0513 e. The lowest BCUT2D eigenvalue weighted by molar-refractivity contribution is 0.122. The number of nitrogens with one attached hydrogen (secondary N) is 1. The molecule has 4 aliphatic rings. The van der Waals surface area contributed by atoms with Gasteiger partial charge in [0.05, 0.1) is 6.54 Å². The van der Waals surface area contributed by atoms with Crippen LogP contribution in [0.2, 0.25) is 0 Å². The molecule has 0 radical (unpaired) electrons. The Kier molecular flexibility index (Phi) is 3.62. The molecular weight excluding hydrogens is 292 g/mol. The first-order chi connectivity index (χ1) is 11.1. The lowest BCUT2D eigenvalue weighted by atomic mass is 9.69. The van der Waals surface area contributed by atoms with E-state index >= 15 is 0 Å². The number of aliphatic imine (C=N–C) groups is 1. The second-order valence-corrected chi connectivity index (χ2v) is 10.9. The van der Waals surface area contributed by atoms with Crippen molar-refractivity contribution < 1.29 is 0 Å². The van der Waals surface area contributed by atoms with Crippen molar-refractivity contribution in [3.05, 3.63) is 0 Å². The lowest BCUT2D eigenvalue weighted by Gasteiger charge is -2.39. The standard InChI is InChI=1S/C22H38N2/c1-19(2)15-7-9-21(19,5)17(13-15)23-11-12-24-18-14-16-8-10-22(18,6)20(16,3)4/h15-17,23H,7-14H2,1-6H3/b24-18-. The van der Waals surface area contributed by atoms with E-state index in [4.69, 9.17) is 4.99 Å². The Morgan fingerprint density at radius 3 is 2.17 bits per heavy atom. The number of hydrogen-bond acceptors (Lipinski definition) is 2. The Morgan fingerprint density at radius 1 is 0.958 bits per heavy atom. The fourth-order valence-corrected chi connectivity index (χ4v) is 7.11. The molecule has 5 unspecified atom stereocenters. The summed E-state index contributed by atoms with van der Waals surface area (Å²) in [6, 6.07) is 0.707. The second kappa shape index (κ2) is 5.09. The summed E-state index contributed by atoms with van der Waals surface area (Å²) in [6.07, 6.45) is 8.27. The van der Waals surface area contributed by atoms with E-state index in [1.807, 2.05) is 0 Å². The maximum Gasteiger partial charge on any atom is 0.0513 e. The Bertz CT molecular complexity index is 560. The molecule has 0 aliphatic heterocycles. The maximum atomic E-state index is 5.11. The van der Waals surface area contributed by atoms with Crippen LogP contribution in [0.15, 0.2) is 4.99 Å². The Hall–Kier alpha value is -0.370. The van der Waals surface area contributed by atoms with Crippen molar-refractivity contribution in [1.29, 1.82) is 0 Å². The molecule has 24 heavy (non-hydrogen) atoms. The summed E-state index contributed by atoms with van der Waals surface area (Å²) in [6.45, 7) is 17.0. The van der Waals surface area contributed by atoms with Gasteiger partial charge in [0.15, 0.2) is 0 Å². The first-order valence-corrected chi connectivity index (χ1v) is 10.4. The Morgan fingerprint density at radius 2 is 1.67 bits per heavy atom. The molecule has 0 saturated heterocycles. The van der Waals surface area contributed by atoms with Gasteiger partial charge in [-0.15, -0.1) is 0 Å². The SMILES string of the molecule is CC12CCC(C/C1=N/CCNC1CC3CCC1(C)C3(C)C)C2(C)C. The Labute approximate surface area is 149 Å². The third-order valence-electron chi connectivity index (χ3n) is 10.1. The first-order valence-electron chi connectivity index (χ1n) is 10.4. The number of rotatable bonds is 4. The van der Waals surface area contributed by atoms with Crippen LogP contribution >= 0.6 is 0 Å². The van der Waals surface area contributed by atoms with Crippen LogP contribution in [-0.4, -0.2) is 24.8 Å². The van der Waals surface area contributed by atoms with Crippen LogP contribution < -0.4 is 5.32 Å². The van der Waals surface area contributed by atoms with Crippen molar-refractivity contribution in [3.8, 4) is 0 Å². The quantitative estimate of drug-likeness (QED) is 0.714. The van der Waals surface area contributed by atoms with Crippen LogP contribution in [0.3, 0.4) is 0 Å². The van der Waals surface area contributed by atoms with E-state index in [1.165, 1.54) is 44.2 Å². The topological polar surface area (TPSA) is 24.4 Å². The van der Waals surface area contributed by atoms with Crippen LogP contribution in [0, 0.1) is 33.5 Å². The van der Waals surface area contributed by atoms with Crippen molar-refractivity contribution in [1.82, 2.24) is 5.32 Å². The molecule has 4 saturated carbocycles. The molecule has 0 aromatic heterocycles. The summed E-state index contributed by atoms with van der Waals surface area (Å²) in [5.41, 5.74) is 3.37. The Balaban J connectivity index is 1.35. The predicted molar refractivity (Wildman–Crippen MR) is 103 cm³/mol. The minimum Gasteiger partial charge on any atom is -0.312 e. The molecule has 4 aliphatic carbocycles. The fourth-order valence-electron chi connectivity index (χ4n) is 7.11. The van der Waals surface area contributed by atoms with Crippen molar-refractivity contribution >= 4 is 5.71 Å². The zero-order chi connectivity index (χ0) is 17.4. The van der Waals surface area contributed by atoms with Crippen molar-refractivity contribution in [2.45, 2.75) is 86.1 Å². The zero-order valence-electron chi connectivity index (χ0n) is 16.8. The van der Waals surface area contributed by atoms with Gasteiger partial charge in [-0.2, -0.15) is 0 Å². The molecule has 136 valence electrons. The maximum absolute atomic E-state index is 5.11. The van der Waals surface area contributed by atoms with Crippen LogP contribution in [0.5, 0.6) is 0 Å². The zero-order valence-corrected chi connectivity index (χ0v) is 16.8. The summed E-state index contributed by atoms with van der Waals surface area (Å²) in [5.74, 6) is 1.80. The highest BCUT2D eigenvalue weighted by atomic mass is 15.0. The van der Waals surface area contributed by atoms with Gasteiger partial charge >= 0.3 is 0 Å². The third kappa shape index (κ3) is 1.95. The van der Waals surface area contributed by atoms with Crippen molar-refractivity contribution in [2.75, 3.05) is 13.1 Å². The van der Waals surface area contributed by atoms with Gasteiger partial charge in [0.25, 0.3) is 0 Å². The normalized spacial score (nSPS) is 49.4. The highest BCUT2D eigenvalue weighted by Crippen LogP contribution is 2.65.